The molecule has 0 radical (unpaired) electrons. The summed E-state index contributed by atoms with van der Waals surface area (Å²) in [7, 11) is 4.53. The number of esters is 2. The van der Waals surface area contributed by atoms with E-state index in [0.29, 0.717) is 25.7 Å². The predicted octanol–water partition coefficient (Wildman–Crippen LogP) is 3.67. The zero-order chi connectivity index (χ0) is 22.0. The van der Waals surface area contributed by atoms with E-state index in [-0.39, 0.29) is 24.1 Å². The van der Waals surface area contributed by atoms with E-state index in [1.54, 1.807) is 0 Å². The number of likely N-dealkylation sites (tertiary alicyclic amines) is 2. The molecule has 0 aromatic heterocycles. The second kappa shape index (κ2) is 12.0. The number of nitrogens with zero attached hydrogens (tertiary/aromatic N) is 2. The van der Waals surface area contributed by atoms with E-state index in [1.165, 1.54) is 64.7 Å². The lowest BCUT2D eigenvalue weighted by atomic mass is 10.1. The summed E-state index contributed by atoms with van der Waals surface area (Å²) in [6.07, 6.45) is 9.73. The number of carbonyl (C=O) groups excluding carboxylic acids is 2. The maximum Gasteiger partial charge on any atom is 0.306 e. The Morgan fingerprint density at radius 3 is 1.33 bits per heavy atom. The van der Waals surface area contributed by atoms with Crippen molar-refractivity contribution in [3.63, 3.8) is 0 Å². The molecule has 0 N–H and O–H groups in total. The van der Waals surface area contributed by atoms with Crippen molar-refractivity contribution in [2.45, 2.75) is 90.3 Å². The highest BCUT2D eigenvalue weighted by Gasteiger charge is 2.29. The van der Waals surface area contributed by atoms with Gasteiger partial charge in [-0.3, -0.25) is 9.59 Å². The number of hydrogen-bond acceptors (Lipinski definition) is 4. The Balaban J connectivity index is 1.55. The van der Waals surface area contributed by atoms with Crippen molar-refractivity contribution >= 4 is 11.9 Å². The van der Waals surface area contributed by atoms with Crippen LogP contribution in [0.3, 0.4) is 0 Å². The third kappa shape index (κ3) is 9.34. The van der Waals surface area contributed by atoms with Gasteiger partial charge in [0.2, 0.25) is 0 Å². The van der Waals surface area contributed by atoms with Crippen LogP contribution in [-0.4, -0.2) is 86.5 Å². The molecule has 30 heavy (non-hydrogen) atoms. The van der Waals surface area contributed by atoms with E-state index in [4.69, 9.17) is 9.47 Å². The average Bonchev–Trinajstić information content (AvgIpc) is 2.65. The van der Waals surface area contributed by atoms with Crippen LogP contribution < -0.4 is 0 Å². The van der Waals surface area contributed by atoms with Gasteiger partial charge in [0.25, 0.3) is 0 Å². The second-order valence-corrected chi connectivity index (χ2v) is 10.4. The maximum atomic E-state index is 12.1. The predicted molar refractivity (Wildman–Crippen MR) is 119 cm³/mol. The molecule has 0 bridgehead atoms. The van der Waals surface area contributed by atoms with Gasteiger partial charge in [0.05, 0.1) is 40.3 Å². The van der Waals surface area contributed by atoms with E-state index in [1.807, 2.05) is 13.8 Å². The maximum absolute atomic E-state index is 12.1. The van der Waals surface area contributed by atoms with Crippen LogP contribution in [0.15, 0.2) is 0 Å². The minimum absolute atomic E-state index is 0.0503. The van der Waals surface area contributed by atoms with Gasteiger partial charge in [-0.05, 0) is 65.2 Å². The normalized spacial score (nSPS) is 22.7. The molecule has 6 heteroatoms. The van der Waals surface area contributed by atoms with Gasteiger partial charge < -0.3 is 18.4 Å². The number of hydrogen-bond donors (Lipinski definition) is 0. The Bertz CT molecular complexity index is 491. The smallest absolute Gasteiger partial charge is 0.306 e. The highest BCUT2D eigenvalue weighted by molar-refractivity contribution is 5.70. The van der Waals surface area contributed by atoms with Crippen molar-refractivity contribution < 1.29 is 28.0 Å². The van der Waals surface area contributed by atoms with Gasteiger partial charge in [-0.2, -0.15) is 0 Å². The van der Waals surface area contributed by atoms with E-state index in [9.17, 15) is 9.59 Å². The van der Waals surface area contributed by atoms with E-state index < -0.39 is 0 Å². The fourth-order valence-electron chi connectivity index (χ4n) is 5.34. The van der Waals surface area contributed by atoms with Crippen LogP contribution in [0.4, 0.5) is 0 Å². The molecule has 0 saturated carbocycles. The van der Waals surface area contributed by atoms with Crippen LogP contribution in [0.5, 0.6) is 0 Å². The third-order valence-corrected chi connectivity index (χ3v) is 6.86. The number of quaternary nitrogens is 2. The molecule has 0 aromatic carbocycles. The topological polar surface area (TPSA) is 52.6 Å². The van der Waals surface area contributed by atoms with Gasteiger partial charge in [-0.1, -0.05) is 0 Å². The largest absolute Gasteiger partial charge is 0.457 e. The number of piperidine rings is 2. The minimum atomic E-state index is -0.143. The van der Waals surface area contributed by atoms with Gasteiger partial charge >= 0.3 is 11.9 Å². The summed E-state index contributed by atoms with van der Waals surface area (Å²) in [4.78, 5) is 24.3. The molecule has 2 heterocycles. The first-order chi connectivity index (χ1) is 14.2. The molecule has 2 rings (SSSR count). The number of ether oxygens (including phenoxy) is 2. The summed E-state index contributed by atoms with van der Waals surface area (Å²) in [6.45, 7) is 10.5. The van der Waals surface area contributed by atoms with Crippen molar-refractivity contribution in [2.75, 3.05) is 53.4 Å². The molecular weight excluding hydrogens is 380 g/mol. The van der Waals surface area contributed by atoms with Crippen LogP contribution >= 0.6 is 0 Å². The molecule has 0 aromatic rings. The van der Waals surface area contributed by atoms with Crippen molar-refractivity contribution in [2.24, 2.45) is 0 Å². The zero-order valence-corrected chi connectivity index (χ0v) is 20.0. The zero-order valence-electron chi connectivity index (χ0n) is 20.0. The molecule has 0 aliphatic carbocycles. The number of carbonyl (C=O) groups is 2. The van der Waals surface area contributed by atoms with Crippen LogP contribution in [0.2, 0.25) is 0 Å². The van der Waals surface area contributed by atoms with E-state index in [0.717, 1.165) is 22.1 Å². The first-order valence-corrected chi connectivity index (χ1v) is 12.3. The van der Waals surface area contributed by atoms with Gasteiger partial charge in [0.15, 0.2) is 0 Å². The van der Waals surface area contributed by atoms with Crippen LogP contribution in [0.1, 0.15) is 78.1 Å². The molecule has 2 aliphatic rings. The lowest BCUT2D eigenvalue weighted by molar-refractivity contribution is -0.916. The summed E-state index contributed by atoms with van der Waals surface area (Å²) < 4.78 is 13.2. The Morgan fingerprint density at radius 2 is 1.00 bits per heavy atom. The minimum Gasteiger partial charge on any atom is -0.457 e. The highest BCUT2D eigenvalue weighted by Crippen LogP contribution is 2.19. The van der Waals surface area contributed by atoms with Gasteiger partial charge in [0, 0.05) is 12.8 Å². The SMILES string of the molecule is C[C@H](C[N+]1(C)CCCCC1)OC(=O)CCCCC(=O)O[C@H](C)C[N+]1(C)CCCCC1. The average molecular weight is 427 g/mol. The molecule has 2 saturated heterocycles. The van der Waals surface area contributed by atoms with Crippen molar-refractivity contribution in [3.05, 3.63) is 0 Å². The fourth-order valence-corrected chi connectivity index (χ4v) is 5.34. The molecule has 0 unspecified atom stereocenters. The lowest BCUT2D eigenvalue weighted by Crippen LogP contribution is -2.52. The summed E-state index contributed by atoms with van der Waals surface area (Å²) in [5.41, 5.74) is 0. The van der Waals surface area contributed by atoms with Crippen LogP contribution in [0.25, 0.3) is 0 Å². The molecule has 6 nitrogen and oxygen atoms in total. The van der Waals surface area contributed by atoms with Crippen molar-refractivity contribution in [1.82, 2.24) is 0 Å². The first-order valence-electron chi connectivity index (χ1n) is 12.3. The monoisotopic (exact) mass is 426 g/mol. The number of likely N-dealkylation sites (N-methyl/N-ethyl adjacent to an activating group) is 2. The molecule has 0 spiro atoms. The molecular formula is C24H46N2O4+2. The Hall–Kier alpha value is -1.14. The lowest BCUT2D eigenvalue weighted by Gasteiger charge is -2.39. The van der Waals surface area contributed by atoms with Crippen molar-refractivity contribution in [3.8, 4) is 0 Å². The Kier molecular flexibility index (Phi) is 10.1. The molecule has 2 atom stereocenters. The van der Waals surface area contributed by atoms with E-state index in [2.05, 4.69) is 14.1 Å². The standard InChI is InChI=1S/C24H46N2O4/c1-21(19-25(3)15-9-5-10-16-25)29-23(27)13-7-8-14-24(28)30-22(2)20-26(4)17-11-6-12-18-26/h21-22H,5-20H2,1-4H3/q+2/t21-,22-/m1/s1. The fraction of sp³-hybridized carbons (Fsp3) is 0.917. The second-order valence-electron chi connectivity index (χ2n) is 10.4. The van der Waals surface area contributed by atoms with Crippen molar-refractivity contribution in [1.29, 1.82) is 0 Å². The van der Waals surface area contributed by atoms with Crippen LogP contribution in [0, 0.1) is 0 Å². The summed E-state index contributed by atoms with van der Waals surface area (Å²) in [5.74, 6) is -0.286. The number of unbranched alkanes of at least 4 members (excludes halogenated alkanes) is 1. The van der Waals surface area contributed by atoms with E-state index >= 15 is 0 Å². The summed E-state index contributed by atoms with van der Waals surface area (Å²) in [5, 5.41) is 0. The quantitative estimate of drug-likeness (QED) is 0.287. The van der Waals surface area contributed by atoms with Crippen LogP contribution in [-0.2, 0) is 19.1 Å². The molecule has 0 amide bonds. The molecule has 174 valence electrons. The van der Waals surface area contributed by atoms with Gasteiger partial charge in [-0.25, -0.2) is 0 Å². The number of rotatable bonds is 11. The first kappa shape index (κ1) is 25.1. The molecule has 2 aliphatic heterocycles. The summed E-state index contributed by atoms with van der Waals surface area (Å²) in [6, 6.07) is 0. The molecule has 2 fully saturated rings. The third-order valence-electron chi connectivity index (χ3n) is 6.86. The van der Waals surface area contributed by atoms with Gasteiger partial charge in [-0.15, -0.1) is 0 Å². The highest BCUT2D eigenvalue weighted by atomic mass is 16.5. The Morgan fingerprint density at radius 1 is 0.667 bits per heavy atom. The van der Waals surface area contributed by atoms with Gasteiger partial charge in [0.1, 0.15) is 25.3 Å². The Labute approximate surface area is 184 Å². The summed E-state index contributed by atoms with van der Waals surface area (Å²) >= 11 is 0.